The van der Waals surface area contributed by atoms with E-state index in [2.05, 4.69) is 20.9 Å². The number of aromatic nitrogens is 1. The number of rotatable bonds is 7. The van der Waals surface area contributed by atoms with E-state index in [1.54, 1.807) is 48.5 Å². The van der Waals surface area contributed by atoms with Crippen molar-refractivity contribution in [3.8, 4) is 11.3 Å². The Kier molecular flexibility index (Phi) is 7.74. The van der Waals surface area contributed by atoms with Crippen molar-refractivity contribution in [1.82, 2.24) is 10.3 Å². The first-order valence-corrected chi connectivity index (χ1v) is 10.7. The van der Waals surface area contributed by atoms with E-state index in [1.807, 2.05) is 26.0 Å². The van der Waals surface area contributed by atoms with Gasteiger partial charge in [0.2, 0.25) is 0 Å². The Morgan fingerprint density at radius 2 is 1.45 bits per heavy atom. The Morgan fingerprint density at radius 3 is 2.00 bits per heavy atom. The average Bonchev–Trinajstić information content (AvgIpc) is 3.29. The number of hydrogen-bond acceptors (Lipinski definition) is 4. The molecule has 1 heterocycles. The third-order valence-corrected chi connectivity index (χ3v) is 5.15. The fourth-order valence-electron chi connectivity index (χ4n) is 3.10. The van der Waals surface area contributed by atoms with Crippen molar-refractivity contribution in [3.05, 3.63) is 71.4 Å². The summed E-state index contributed by atoms with van der Waals surface area (Å²) in [5.41, 5.74) is 3.09. The van der Waals surface area contributed by atoms with E-state index in [0.717, 1.165) is 11.3 Å². The molecule has 0 saturated heterocycles. The molecule has 4 N–H and O–H groups in total. The molecule has 0 spiro atoms. The summed E-state index contributed by atoms with van der Waals surface area (Å²) >= 11 is 5.84. The molecule has 2 aromatic carbocycles. The summed E-state index contributed by atoms with van der Waals surface area (Å²) in [4.78, 5) is 39.7. The average molecular weight is 469 g/mol. The number of esters is 1. The number of aromatic amines is 1. The van der Waals surface area contributed by atoms with Crippen molar-refractivity contribution in [3.63, 3.8) is 0 Å². The van der Waals surface area contributed by atoms with Gasteiger partial charge in [-0.3, -0.25) is 4.79 Å². The van der Waals surface area contributed by atoms with E-state index < -0.39 is 17.9 Å². The number of methoxy groups -OCH3 is 1. The van der Waals surface area contributed by atoms with Gasteiger partial charge < -0.3 is 25.7 Å². The number of benzene rings is 2. The van der Waals surface area contributed by atoms with Gasteiger partial charge in [-0.2, -0.15) is 0 Å². The lowest BCUT2D eigenvalue weighted by molar-refractivity contribution is -0.144. The van der Waals surface area contributed by atoms with E-state index in [9.17, 15) is 14.4 Å². The fraction of sp³-hybridized carbons (Fsp3) is 0.208. The molecule has 0 radical (unpaired) electrons. The van der Waals surface area contributed by atoms with Gasteiger partial charge in [-0.15, -0.1) is 0 Å². The second kappa shape index (κ2) is 10.7. The van der Waals surface area contributed by atoms with Gasteiger partial charge in [0, 0.05) is 22.1 Å². The van der Waals surface area contributed by atoms with Crippen molar-refractivity contribution < 1.29 is 19.1 Å². The minimum Gasteiger partial charge on any atom is -0.467 e. The molecule has 1 atom stereocenters. The van der Waals surface area contributed by atoms with Crippen molar-refractivity contribution >= 4 is 40.9 Å². The van der Waals surface area contributed by atoms with E-state index in [1.165, 1.54) is 7.11 Å². The Bertz CT molecular complexity index is 1120. The van der Waals surface area contributed by atoms with Crippen molar-refractivity contribution in [2.45, 2.75) is 19.9 Å². The third kappa shape index (κ3) is 6.36. The van der Waals surface area contributed by atoms with Crippen LogP contribution in [0.3, 0.4) is 0 Å². The summed E-state index contributed by atoms with van der Waals surface area (Å²) in [6.45, 7) is 3.65. The zero-order chi connectivity index (χ0) is 24.0. The van der Waals surface area contributed by atoms with Crippen LogP contribution in [0, 0.1) is 5.92 Å². The minimum atomic E-state index is -0.737. The van der Waals surface area contributed by atoms with Gasteiger partial charge in [0.25, 0.3) is 5.91 Å². The summed E-state index contributed by atoms with van der Waals surface area (Å²) in [7, 11) is 1.29. The summed E-state index contributed by atoms with van der Waals surface area (Å²) < 4.78 is 4.76. The van der Waals surface area contributed by atoms with Crippen LogP contribution in [0.5, 0.6) is 0 Å². The number of anilines is 2. The van der Waals surface area contributed by atoms with Crippen molar-refractivity contribution in [2.24, 2.45) is 5.92 Å². The van der Waals surface area contributed by atoms with Gasteiger partial charge in [-0.1, -0.05) is 37.6 Å². The smallest absolute Gasteiger partial charge is 0.328 e. The normalized spacial score (nSPS) is 11.5. The Balaban J connectivity index is 1.62. The van der Waals surface area contributed by atoms with Crippen molar-refractivity contribution in [2.75, 3.05) is 17.7 Å². The van der Waals surface area contributed by atoms with Crippen LogP contribution >= 0.6 is 11.6 Å². The summed E-state index contributed by atoms with van der Waals surface area (Å²) in [6, 6.07) is 16.2. The Hall–Kier alpha value is -3.78. The second-order valence-corrected chi connectivity index (χ2v) is 8.10. The van der Waals surface area contributed by atoms with Crippen LogP contribution in [-0.4, -0.2) is 36.0 Å². The zero-order valence-electron chi connectivity index (χ0n) is 18.4. The van der Waals surface area contributed by atoms with Gasteiger partial charge >= 0.3 is 12.0 Å². The van der Waals surface area contributed by atoms with Gasteiger partial charge in [0.15, 0.2) is 0 Å². The van der Waals surface area contributed by atoms with E-state index in [-0.39, 0.29) is 11.9 Å². The highest BCUT2D eigenvalue weighted by Crippen LogP contribution is 2.21. The highest BCUT2D eigenvalue weighted by molar-refractivity contribution is 6.30. The maximum absolute atomic E-state index is 12.6. The maximum atomic E-state index is 12.6. The van der Waals surface area contributed by atoms with Gasteiger partial charge in [-0.25, -0.2) is 9.59 Å². The van der Waals surface area contributed by atoms with Crippen LogP contribution in [0.4, 0.5) is 16.2 Å². The molecule has 9 heteroatoms. The highest BCUT2D eigenvalue weighted by atomic mass is 35.5. The first-order chi connectivity index (χ1) is 15.8. The summed E-state index contributed by atoms with van der Waals surface area (Å²) in [5.74, 6) is -1.01. The summed E-state index contributed by atoms with van der Waals surface area (Å²) in [6.07, 6.45) is 0. The molecule has 3 amide bonds. The molecular weight excluding hydrogens is 444 g/mol. The van der Waals surface area contributed by atoms with Crippen LogP contribution in [-0.2, 0) is 9.53 Å². The molecule has 0 saturated carbocycles. The summed E-state index contributed by atoms with van der Waals surface area (Å²) in [5, 5.41) is 8.76. The van der Waals surface area contributed by atoms with Crippen molar-refractivity contribution in [1.29, 1.82) is 0 Å². The van der Waals surface area contributed by atoms with Crippen LogP contribution in [0.1, 0.15) is 24.3 Å². The van der Waals surface area contributed by atoms with Gasteiger partial charge in [-0.05, 0) is 60.0 Å². The van der Waals surface area contributed by atoms with Crippen LogP contribution in [0.25, 0.3) is 11.3 Å². The number of halogens is 1. The zero-order valence-corrected chi connectivity index (χ0v) is 19.2. The largest absolute Gasteiger partial charge is 0.467 e. The van der Waals surface area contributed by atoms with Gasteiger partial charge in [0.05, 0.1) is 7.11 Å². The topological polar surface area (TPSA) is 112 Å². The number of nitrogens with one attached hydrogen (secondary N) is 4. The van der Waals surface area contributed by atoms with E-state index in [0.29, 0.717) is 22.1 Å². The van der Waals surface area contributed by atoms with Gasteiger partial charge in [0.1, 0.15) is 11.7 Å². The third-order valence-electron chi connectivity index (χ3n) is 4.89. The number of carbonyl (C=O) groups excluding carboxylic acids is 3. The lowest BCUT2D eigenvalue weighted by Gasteiger charge is -2.19. The predicted molar refractivity (Wildman–Crippen MR) is 128 cm³/mol. The van der Waals surface area contributed by atoms with Crippen LogP contribution in [0.15, 0.2) is 60.7 Å². The molecule has 0 bridgehead atoms. The van der Waals surface area contributed by atoms with E-state index >= 15 is 0 Å². The number of urea groups is 1. The number of amides is 3. The molecule has 3 aromatic rings. The number of hydrogen-bond donors (Lipinski definition) is 4. The molecule has 3 rings (SSSR count). The fourth-order valence-corrected chi connectivity index (χ4v) is 3.23. The standard InChI is InChI=1S/C24H25ClN4O4/c1-14(2)21(23(31)33-3)29-22(30)20-13-12-19(28-20)15-4-8-17(9-5-15)26-24(32)27-18-10-6-16(25)7-11-18/h4-14,21,28H,1-3H3,(H,29,30)(H2,26,27,32)/t21-/m0/s1. The molecule has 0 fully saturated rings. The lowest BCUT2D eigenvalue weighted by Crippen LogP contribution is -2.45. The SMILES string of the molecule is COC(=O)[C@@H](NC(=O)c1ccc(-c2ccc(NC(=O)Nc3ccc(Cl)cc3)cc2)[nH]1)C(C)C. The molecule has 8 nitrogen and oxygen atoms in total. The Morgan fingerprint density at radius 1 is 0.879 bits per heavy atom. The number of ether oxygens (including phenoxy) is 1. The number of H-pyrrole nitrogens is 1. The molecular formula is C24H25ClN4O4. The monoisotopic (exact) mass is 468 g/mol. The van der Waals surface area contributed by atoms with Crippen LogP contribution < -0.4 is 16.0 Å². The molecule has 172 valence electrons. The predicted octanol–water partition coefficient (Wildman–Crippen LogP) is 4.91. The number of carbonyl (C=O) groups is 3. The molecule has 33 heavy (non-hydrogen) atoms. The van der Waals surface area contributed by atoms with E-state index in [4.69, 9.17) is 16.3 Å². The molecule has 0 unspecified atom stereocenters. The first-order valence-electron chi connectivity index (χ1n) is 10.3. The second-order valence-electron chi connectivity index (χ2n) is 7.67. The first kappa shape index (κ1) is 23.9. The van der Waals surface area contributed by atoms with Crippen LogP contribution in [0.2, 0.25) is 5.02 Å². The highest BCUT2D eigenvalue weighted by Gasteiger charge is 2.25. The maximum Gasteiger partial charge on any atom is 0.328 e. The molecule has 0 aliphatic carbocycles. The minimum absolute atomic E-state index is 0.118. The Labute approximate surface area is 196 Å². The molecule has 0 aliphatic rings. The lowest BCUT2D eigenvalue weighted by atomic mass is 10.0. The quantitative estimate of drug-likeness (QED) is 0.369. The molecule has 1 aromatic heterocycles. The molecule has 0 aliphatic heterocycles.